The average Bonchev–Trinajstić information content (AvgIpc) is 3.48. The van der Waals surface area contributed by atoms with Crippen LogP contribution in [0.25, 0.3) is 12.2 Å². The number of carbonyl (C=O) groups is 1. The van der Waals surface area contributed by atoms with Gasteiger partial charge in [-0.2, -0.15) is 0 Å². The largest absolute Gasteiger partial charge is 0.502 e. The standard InChI is InChI=1S/C18H22N2O.C7H10O.C5H11N.C2H6/c1-2-11-20-16-10-6-3-5-9-15(16)14-17(20)18(21)19-12-7-4-8-13-19;1-4-5-6-7(2)8-3;1-5-3-2-4-6-5;1-2/h2-3,6,9-10,14H,1,4-5,7-8,11-13H2;1,6H,5H2,2-3H3;5-6H,2-4H2,1H3;1-2H3/b;7-6+;;. The SMILES string of the molecule is C#CC/C=C(\C)OC.C=CCn1c(C(=O)N2CCCCC2)cc2c1=CC=CCC=2.CC.CC1CCCN1. The highest BCUT2D eigenvalue weighted by Crippen LogP contribution is 2.12. The van der Waals surface area contributed by atoms with Gasteiger partial charge in [0.2, 0.25) is 0 Å². The maximum absolute atomic E-state index is 12.8. The van der Waals surface area contributed by atoms with E-state index in [1.54, 1.807) is 7.11 Å². The molecule has 37 heavy (non-hydrogen) atoms. The minimum absolute atomic E-state index is 0.162. The lowest BCUT2D eigenvalue weighted by Gasteiger charge is -2.27. The molecule has 1 aromatic rings. The molecule has 2 fully saturated rings. The van der Waals surface area contributed by atoms with Crippen molar-refractivity contribution in [3.63, 3.8) is 0 Å². The molecule has 2 aliphatic heterocycles. The second-order valence-corrected chi connectivity index (χ2v) is 9.08. The number of allylic oxidation sites excluding steroid dienone is 5. The molecule has 204 valence electrons. The highest BCUT2D eigenvalue weighted by atomic mass is 16.5. The van der Waals surface area contributed by atoms with Gasteiger partial charge < -0.3 is 19.5 Å². The summed E-state index contributed by atoms with van der Waals surface area (Å²) in [6.45, 7) is 15.6. The number of hydrogen-bond acceptors (Lipinski definition) is 3. The van der Waals surface area contributed by atoms with E-state index in [4.69, 9.17) is 11.2 Å². The summed E-state index contributed by atoms with van der Waals surface area (Å²) in [7, 11) is 1.63. The molecule has 0 aromatic carbocycles. The van der Waals surface area contributed by atoms with Gasteiger partial charge in [-0.05, 0) is 82.4 Å². The zero-order valence-electron chi connectivity index (χ0n) is 23.9. The number of likely N-dealkylation sites (tertiary alicyclic amines) is 1. The van der Waals surface area contributed by atoms with E-state index in [9.17, 15) is 4.79 Å². The van der Waals surface area contributed by atoms with E-state index in [0.29, 0.717) is 13.0 Å². The Hall–Kier alpha value is -2.97. The van der Waals surface area contributed by atoms with E-state index in [-0.39, 0.29) is 5.91 Å². The van der Waals surface area contributed by atoms with Gasteiger partial charge in [0.1, 0.15) is 5.69 Å². The number of fused-ring (bicyclic) bond motifs is 1. The van der Waals surface area contributed by atoms with Crippen molar-refractivity contribution in [2.75, 3.05) is 26.7 Å². The molecule has 1 aromatic heterocycles. The number of terminal acetylenes is 1. The predicted molar refractivity (Wildman–Crippen MR) is 159 cm³/mol. The van der Waals surface area contributed by atoms with Crippen LogP contribution in [0.15, 0.2) is 42.7 Å². The van der Waals surface area contributed by atoms with Crippen molar-refractivity contribution < 1.29 is 9.53 Å². The van der Waals surface area contributed by atoms with Crippen LogP contribution in [0.4, 0.5) is 0 Å². The first-order chi connectivity index (χ1) is 18.0. The highest BCUT2D eigenvalue weighted by Gasteiger charge is 2.21. The van der Waals surface area contributed by atoms with Crippen LogP contribution < -0.4 is 15.9 Å². The number of carbonyl (C=O) groups excluding carboxylic acids is 1. The molecule has 2 saturated heterocycles. The van der Waals surface area contributed by atoms with Gasteiger partial charge in [0.05, 0.1) is 12.9 Å². The smallest absolute Gasteiger partial charge is 0.270 e. The Morgan fingerprint density at radius 2 is 2.00 bits per heavy atom. The summed E-state index contributed by atoms with van der Waals surface area (Å²) < 4.78 is 6.91. The number of rotatable bonds is 5. The Morgan fingerprint density at radius 3 is 2.54 bits per heavy atom. The minimum Gasteiger partial charge on any atom is -0.502 e. The molecule has 1 amide bonds. The van der Waals surface area contributed by atoms with E-state index in [2.05, 4.69) is 53.6 Å². The van der Waals surface area contributed by atoms with Crippen molar-refractivity contribution >= 4 is 18.1 Å². The summed E-state index contributed by atoms with van der Waals surface area (Å²) in [6.07, 6.45) is 25.0. The maximum Gasteiger partial charge on any atom is 0.270 e. The summed E-state index contributed by atoms with van der Waals surface area (Å²) in [5.41, 5.74) is 0.796. The Kier molecular flexibility index (Phi) is 16.6. The van der Waals surface area contributed by atoms with Gasteiger partial charge in [-0.15, -0.1) is 18.9 Å². The molecule has 3 heterocycles. The maximum atomic E-state index is 12.8. The third-order valence-corrected chi connectivity index (χ3v) is 6.34. The molecule has 3 aliphatic rings. The Labute approximate surface area is 225 Å². The van der Waals surface area contributed by atoms with Crippen LogP contribution in [0.5, 0.6) is 0 Å². The molecule has 5 nitrogen and oxygen atoms in total. The van der Waals surface area contributed by atoms with E-state index in [1.807, 2.05) is 43.9 Å². The number of hydrogen-bond donors (Lipinski definition) is 1. The molecule has 0 radical (unpaired) electrons. The van der Waals surface area contributed by atoms with Crippen LogP contribution in [-0.4, -0.2) is 48.2 Å². The third kappa shape index (κ3) is 11.3. The van der Waals surface area contributed by atoms with Crippen molar-refractivity contribution in [1.29, 1.82) is 0 Å². The zero-order chi connectivity index (χ0) is 27.5. The molecule has 0 spiro atoms. The summed E-state index contributed by atoms with van der Waals surface area (Å²) in [4.78, 5) is 14.8. The lowest BCUT2D eigenvalue weighted by molar-refractivity contribution is 0.0713. The molecular weight excluding hydrogens is 458 g/mol. The van der Waals surface area contributed by atoms with Crippen LogP contribution in [0, 0.1) is 12.3 Å². The van der Waals surface area contributed by atoms with Gasteiger partial charge in [-0.3, -0.25) is 4.79 Å². The first kappa shape index (κ1) is 32.1. The normalized spacial score (nSPS) is 17.9. The first-order valence-electron chi connectivity index (χ1n) is 13.9. The highest BCUT2D eigenvalue weighted by molar-refractivity contribution is 5.93. The molecule has 4 rings (SSSR count). The van der Waals surface area contributed by atoms with Gasteiger partial charge in [0.15, 0.2) is 0 Å². The van der Waals surface area contributed by atoms with Gasteiger partial charge in [0, 0.05) is 37.4 Å². The number of aromatic nitrogens is 1. The fourth-order valence-corrected chi connectivity index (χ4v) is 4.27. The molecule has 1 unspecified atom stereocenters. The van der Waals surface area contributed by atoms with Crippen LogP contribution in [0.2, 0.25) is 0 Å². The lowest BCUT2D eigenvalue weighted by Crippen LogP contribution is -2.37. The molecule has 1 N–H and O–H groups in total. The van der Waals surface area contributed by atoms with Gasteiger partial charge >= 0.3 is 0 Å². The van der Waals surface area contributed by atoms with Gasteiger partial charge in [-0.25, -0.2) is 0 Å². The monoisotopic (exact) mass is 507 g/mol. The summed E-state index contributed by atoms with van der Waals surface area (Å²) in [5, 5.41) is 5.59. The van der Waals surface area contributed by atoms with Crippen molar-refractivity contribution in [1.82, 2.24) is 14.8 Å². The quantitative estimate of drug-likeness (QED) is 0.340. The topological polar surface area (TPSA) is 46.5 Å². The second-order valence-electron chi connectivity index (χ2n) is 9.08. The lowest BCUT2D eigenvalue weighted by atomic mass is 10.1. The molecule has 0 saturated carbocycles. The summed E-state index contributed by atoms with van der Waals surface area (Å²) >= 11 is 0. The van der Waals surface area contributed by atoms with Gasteiger partial charge in [0.25, 0.3) is 5.91 Å². The van der Waals surface area contributed by atoms with Crippen molar-refractivity contribution in [3.8, 4) is 12.3 Å². The Bertz CT molecular complexity index is 1030. The van der Waals surface area contributed by atoms with Crippen LogP contribution in [0.1, 0.15) is 83.1 Å². The molecular formula is C32H49N3O2. The predicted octanol–water partition coefficient (Wildman–Crippen LogP) is 5.17. The molecule has 0 bridgehead atoms. The summed E-state index contributed by atoms with van der Waals surface area (Å²) in [5.74, 6) is 3.52. The average molecular weight is 508 g/mol. The number of nitrogens with zero attached hydrogens (tertiary/aromatic N) is 2. The zero-order valence-corrected chi connectivity index (χ0v) is 23.9. The van der Waals surface area contributed by atoms with E-state index >= 15 is 0 Å². The van der Waals surface area contributed by atoms with Gasteiger partial charge in [-0.1, -0.05) is 38.2 Å². The van der Waals surface area contributed by atoms with Crippen LogP contribution in [0.3, 0.4) is 0 Å². The molecule has 1 atom stereocenters. The minimum atomic E-state index is 0.162. The van der Waals surface area contributed by atoms with E-state index in [0.717, 1.165) is 60.4 Å². The van der Waals surface area contributed by atoms with Crippen LogP contribution in [-0.2, 0) is 11.3 Å². The number of amides is 1. The molecule has 5 heteroatoms. The molecule has 1 aliphatic carbocycles. The number of nitrogens with one attached hydrogen (secondary N) is 1. The Balaban J connectivity index is 0.000000352. The number of ether oxygens (including phenoxy) is 1. The van der Waals surface area contributed by atoms with Crippen molar-refractivity contribution in [2.45, 2.75) is 85.2 Å². The second kappa shape index (κ2) is 19.2. The van der Waals surface area contributed by atoms with Crippen LogP contribution >= 0.6 is 0 Å². The first-order valence-corrected chi connectivity index (χ1v) is 13.9. The number of methoxy groups -OCH3 is 1. The van der Waals surface area contributed by atoms with E-state index in [1.165, 1.54) is 25.8 Å². The number of piperidine rings is 1. The third-order valence-electron chi connectivity index (χ3n) is 6.34. The Morgan fingerprint density at radius 1 is 1.27 bits per heavy atom. The van der Waals surface area contributed by atoms with E-state index < -0.39 is 0 Å². The van der Waals surface area contributed by atoms with Crippen molar-refractivity contribution in [2.24, 2.45) is 0 Å². The summed E-state index contributed by atoms with van der Waals surface area (Å²) in [6, 6.07) is 2.84. The fourth-order valence-electron chi connectivity index (χ4n) is 4.27. The fraction of sp³-hybridized carbons (Fsp3) is 0.531. The van der Waals surface area contributed by atoms with Crippen molar-refractivity contribution in [3.05, 3.63) is 59.0 Å².